The molecular formula is C5H9F2N. The van der Waals surface area contributed by atoms with Crippen LogP contribution < -0.4 is 5.54 Å². The van der Waals surface area contributed by atoms with Crippen molar-refractivity contribution in [1.82, 2.24) is 5.54 Å². The van der Waals surface area contributed by atoms with E-state index in [1.54, 1.807) is 0 Å². The molecule has 0 heterocycles. The minimum atomic E-state index is -1.68. The number of rotatable bonds is 1. The molecule has 0 unspecified atom stereocenters. The highest BCUT2D eigenvalue weighted by atomic mass is 19.2. The summed E-state index contributed by atoms with van der Waals surface area (Å²) in [4.78, 5) is 0. The second-order valence-corrected chi connectivity index (χ2v) is 2.27. The molecule has 1 aliphatic rings. The smallest absolute Gasteiger partial charge is 0.187 e. The lowest BCUT2D eigenvalue weighted by atomic mass is 10.2. The Morgan fingerprint density at radius 2 is 1.75 bits per heavy atom. The maximum absolute atomic E-state index is 12.6. The molecule has 48 valence electrons. The van der Waals surface area contributed by atoms with Crippen molar-refractivity contribution >= 4 is 0 Å². The molecule has 0 aliphatic heterocycles. The lowest BCUT2D eigenvalue weighted by Crippen LogP contribution is -2.31. The Bertz CT molecular complexity index is 78.5. The first-order valence-corrected chi connectivity index (χ1v) is 2.84. The van der Waals surface area contributed by atoms with Gasteiger partial charge in [0.1, 0.15) is 0 Å². The molecule has 0 radical (unpaired) electrons. The molecule has 1 saturated carbocycles. The predicted octanol–water partition coefficient (Wildman–Crippen LogP) is 1.70. The maximum Gasteiger partial charge on any atom is 0.187 e. The van der Waals surface area contributed by atoms with Crippen LogP contribution in [0.4, 0.5) is 8.87 Å². The summed E-state index contributed by atoms with van der Waals surface area (Å²) in [6.45, 7) is 0. The Kier molecular flexibility index (Phi) is 1.47. The molecule has 1 nitrogen and oxygen atoms in total. The number of nitrogens with one attached hydrogen (secondary N) is 1. The summed E-state index contributed by atoms with van der Waals surface area (Å²) in [7, 11) is 0. The molecule has 0 aromatic rings. The van der Waals surface area contributed by atoms with Gasteiger partial charge in [0.2, 0.25) is 0 Å². The van der Waals surface area contributed by atoms with Gasteiger partial charge in [-0.3, -0.25) is 0 Å². The van der Waals surface area contributed by atoms with Crippen LogP contribution in [0.15, 0.2) is 0 Å². The number of hydrogen-bond donors (Lipinski definition) is 1. The minimum Gasteiger partial charge on any atom is -0.224 e. The van der Waals surface area contributed by atoms with Gasteiger partial charge < -0.3 is 0 Å². The molecule has 0 amide bonds. The van der Waals surface area contributed by atoms with E-state index in [1.807, 2.05) is 0 Å². The lowest BCUT2D eigenvalue weighted by Gasteiger charge is -2.12. The van der Waals surface area contributed by atoms with Crippen molar-refractivity contribution in [3.63, 3.8) is 0 Å². The van der Waals surface area contributed by atoms with E-state index in [1.165, 1.54) is 5.54 Å². The van der Waals surface area contributed by atoms with E-state index in [2.05, 4.69) is 0 Å². The standard InChI is InChI=1S/C5H9F2N/c6-5(8-7)3-1-2-4-5/h8H,1-4H2. The highest BCUT2D eigenvalue weighted by molar-refractivity contribution is 4.78. The van der Waals surface area contributed by atoms with Gasteiger partial charge in [0, 0.05) is 0 Å². The second-order valence-electron chi connectivity index (χ2n) is 2.27. The van der Waals surface area contributed by atoms with E-state index >= 15 is 0 Å². The Hall–Kier alpha value is -0.180. The maximum atomic E-state index is 12.6. The van der Waals surface area contributed by atoms with Crippen LogP contribution in [-0.2, 0) is 0 Å². The summed E-state index contributed by atoms with van der Waals surface area (Å²) < 4.78 is 24.0. The van der Waals surface area contributed by atoms with Crippen LogP contribution in [-0.4, -0.2) is 5.79 Å². The third kappa shape index (κ3) is 0.968. The van der Waals surface area contributed by atoms with Crippen LogP contribution in [0.5, 0.6) is 0 Å². The van der Waals surface area contributed by atoms with Gasteiger partial charge in [0.05, 0.1) is 0 Å². The Morgan fingerprint density at radius 1 is 1.25 bits per heavy atom. The Labute approximate surface area is 47.0 Å². The second kappa shape index (κ2) is 1.97. The van der Waals surface area contributed by atoms with Crippen LogP contribution in [0.3, 0.4) is 0 Å². The molecule has 3 heteroatoms. The fraction of sp³-hybridized carbons (Fsp3) is 1.00. The van der Waals surface area contributed by atoms with Gasteiger partial charge in [-0.15, -0.1) is 10.0 Å². The van der Waals surface area contributed by atoms with E-state index < -0.39 is 5.79 Å². The van der Waals surface area contributed by atoms with Crippen LogP contribution in [0.25, 0.3) is 0 Å². The summed E-state index contributed by atoms with van der Waals surface area (Å²) >= 11 is 0. The zero-order valence-corrected chi connectivity index (χ0v) is 4.58. The summed E-state index contributed by atoms with van der Waals surface area (Å²) in [5, 5.41) is 0. The van der Waals surface area contributed by atoms with Gasteiger partial charge in [-0.05, 0) is 25.7 Å². The van der Waals surface area contributed by atoms with Crippen molar-refractivity contribution in [1.29, 1.82) is 0 Å². The average molecular weight is 121 g/mol. The third-order valence-corrected chi connectivity index (χ3v) is 1.57. The van der Waals surface area contributed by atoms with Gasteiger partial charge >= 0.3 is 0 Å². The summed E-state index contributed by atoms with van der Waals surface area (Å²) in [5.74, 6) is -1.68. The monoisotopic (exact) mass is 121 g/mol. The highest BCUT2D eigenvalue weighted by Gasteiger charge is 2.33. The molecule has 1 aliphatic carbocycles. The summed E-state index contributed by atoms with van der Waals surface area (Å²) in [6, 6.07) is 0. The van der Waals surface area contributed by atoms with Gasteiger partial charge in [-0.2, -0.15) is 0 Å². The zero-order chi connectivity index (χ0) is 6.04. The molecular weight excluding hydrogens is 112 g/mol. The Balaban J connectivity index is 2.40. The first kappa shape index (κ1) is 5.95. The van der Waals surface area contributed by atoms with Gasteiger partial charge in [0.15, 0.2) is 5.79 Å². The normalized spacial score (nSPS) is 26.2. The fourth-order valence-electron chi connectivity index (χ4n) is 1.03. The fourth-order valence-corrected chi connectivity index (χ4v) is 1.03. The number of hydrogen-bond acceptors (Lipinski definition) is 1. The molecule has 0 saturated heterocycles. The quantitative estimate of drug-likeness (QED) is 0.411. The van der Waals surface area contributed by atoms with Gasteiger partial charge in [0.25, 0.3) is 0 Å². The van der Waals surface area contributed by atoms with Crippen molar-refractivity contribution in [3.8, 4) is 0 Å². The van der Waals surface area contributed by atoms with E-state index in [0.29, 0.717) is 12.8 Å². The van der Waals surface area contributed by atoms with Crippen molar-refractivity contribution in [2.24, 2.45) is 0 Å². The van der Waals surface area contributed by atoms with Gasteiger partial charge in [-0.1, -0.05) is 0 Å². The van der Waals surface area contributed by atoms with Crippen molar-refractivity contribution in [2.45, 2.75) is 31.5 Å². The highest BCUT2D eigenvalue weighted by Crippen LogP contribution is 2.30. The van der Waals surface area contributed by atoms with Crippen LogP contribution in [0.2, 0.25) is 0 Å². The minimum absolute atomic E-state index is 0.323. The molecule has 1 rings (SSSR count). The Morgan fingerprint density at radius 3 is 2.00 bits per heavy atom. The third-order valence-electron chi connectivity index (χ3n) is 1.57. The summed E-state index contributed by atoms with van der Waals surface area (Å²) in [6.07, 6.45) is 2.24. The largest absolute Gasteiger partial charge is 0.224 e. The van der Waals surface area contributed by atoms with Crippen LogP contribution in [0.1, 0.15) is 25.7 Å². The van der Waals surface area contributed by atoms with E-state index in [9.17, 15) is 8.87 Å². The predicted molar refractivity (Wildman–Crippen MR) is 26.6 cm³/mol. The molecule has 0 spiro atoms. The molecule has 0 aromatic carbocycles. The SMILES string of the molecule is FNC1(F)CCCC1. The van der Waals surface area contributed by atoms with Crippen LogP contribution in [0, 0.1) is 0 Å². The molecule has 0 bridgehead atoms. The lowest BCUT2D eigenvalue weighted by molar-refractivity contribution is 0.0408. The van der Waals surface area contributed by atoms with Crippen molar-refractivity contribution in [3.05, 3.63) is 0 Å². The number of halogens is 2. The first-order valence-electron chi connectivity index (χ1n) is 2.84. The van der Waals surface area contributed by atoms with E-state index in [-0.39, 0.29) is 0 Å². The van der Waals surface area contributed by atoms with Gasteiger partial charge in [-0.25, -0.2) is 4.39 Å². The topological polar surface area (TPSA) is 12.0 Å². The molecule has 1 fully saturated rings. The van der Waals surface area contributed by atoms with Crippen LogP contribution >= 0.6 is 0 Å². The van der Waals surface area contributed by atoms with E-state index in [0.717, 1.165) is 12.8 Å². The first-order chi connectivity index (χ1) is 3.77. The van der Waals surface area contributed by atoms with Crippen molar-refractivity contribution < 1.29 is 8.87 Å². The molecule has 8 heavy (non-hydrogen) atoms. The summed E-state index contributed by atoms with van der Waals surface area (Å²) in [5.41, 5.74) is 1.17. The number of alkyl halides is 1. The van der Waals surface area contributed by atoms with E-state index in [4.69, 9.17) is 0 Å². The zero-order valence-electron chi connectivity index (χ0n) is 4.58. The molecule has 0 aromatic heterocycles. The average Bonchev–Trinajstić information content (AvgIpc) is 2.17. The molecule has 1 N–H and O–H groups in total. The van der Waals surface area contributed by atoms with Crippen molar-refractivity contribution in [2.75, 3.05) is 0 Å². The molecule has 0 atom stereocenters.